The molecule has 0 heterocycles. The molecule has 1 amide bonds. The van der Waals surface area contributed by atoms with Gasteiger partial charge in [-0.25, -0.2) is 8.42 Å². The van der Waals surface area contributed by atoms with Gasteiger partial charge in [-0.2, -0.15) is 0 Å². The van der Waals surface area contributed by atoms with Gasteiger partial charge in [-0.15, -0.1) is 0 Å². The van der Waals surface area contributed by atoms with Gasteiger partial charge < -0.3 is 10.4 Å². The number of sulfonamides is 1. The highest BCUT2D eigenvalue weighted by Crippen LogP contribution is 2.28. The third-order valence-electron chi connectivity index (χ3n) is 6.46. The summed E-state index contributed by atoms with van der Waals surface area (Å²) < 4.78 is 26.9. The van der Waals surface area contributed by atoms with E-state index < -0.39 is 16.0 Å². The average Bonchev–Trinajstić information content (AvgIpc) is 2.84. The summed E-state index contributed by atoms with van der Waals surface area (Å²) in [4.78, 5) is 25.1. The number of amides is 1. The van der Waals surface area contributed by atoms with Crippen molar-refractivity contribution >= 4 is 27.6 Å². The molecule has 0 saturated heterocycles. The summed E-state index contributed by atoms with van der Waals surface area (Å²) >= 11 is 0. The first-order valence-corrected chi connectivity index (χ1v) is 14.9. The Kier molecular flexibility index (Phi) is 9.92. The fourth-order valence-electron chi connectivity index (χ4n) is 4.74. The Balaban J connectivity index is 2.04. The standard InChI is InChI=1S/C31H38N2O5S/c1-21(2)15-29(26-17-22(3)16-23(4)18-26)32-31(36)28-19-27(13-11-25(28)12-14-30(34)35)33(39(5,37)38)20-24-9-7-6-8-10-24/h6-11,13,16-19,21,29H,12,14-15,20H2,1-5H3,(H,32,36)(H,34,35). The van der Waals surface area contributed by atoms with Crippen LogP contribution in [0.3, 0.4) is 0 Å². The summed E-state index contributed by atoms with van der Waals surface area (Å²) in [7, 11) is -3.68. The molecular formula is C31H38N2O5S. The number of nitrogens with one attached hydrogen (secondary N) is 1. The normalized spacial score (nSPS) is 12.3. The van der Waals surface area contributed by atoms with E-state index in [-0.39, 0.29) is 36.9 Å². The number of carboxylic acids is 1. The van der Waals surface area contributed by atoms with E-state index in [0.29, 0.717) is 23.6 Å². The van der Waals surface area contributed by atoms with Crippen molar-refractivity contribution < 1.29 is 23.1 Å². The number of anilines is 1. The summed E-state index contributed by atoms with van der Waals surface area (Å²) in [6.07, 6.45) is 1.84. The molecule has 0 aliphatic rings. The first kappa shape index (κ1) is 29.9. The molecule has 0 spiro atoms. The molecule has 0 aliphatic carbocycles. The van der Waals surface area contributed by atoms with E-state index >= 15 is 0 Å². The molecule has 0 fully saturated rings. The first-order chi connectivity index (χ1) is 18.3. The highest BCUT2D eigenvalue weighted by molar-refractivity contribution is 7.92. The SMILES string of the molecule is Cc1cc(C)cc(C(CC(C)C)NC(=O)c2cc(N(Cc3ccccc3)S(C)(=O)=O)ccc2CCC(=O)O)c1. The lowest BCUT2D eigenvalue weighted by Gasteiger charge is -2.25. The van der Waals surface area contributed by atoms with Crippen molar-refractivity contribution in [2.45, 2.75) is 59.5 Å². The zero-order valence-corrected chi connectivity index (χ0v) is 24.1. The predicted octanol–water partition coefficient (Wildman–Crippen LogP) is 5.80. The van der Waals surface area contributed by atoms with Crippen LogP contribution >= 0.6 is 0 Å². The smallest absolute Gasteiger partial charge is 0.303 e. The van der Waals surface area contributed by atoms with Crippen LogP contribution in [-0.4, -0.2) is 31.7 Å². The second-order valence-corrected chi connectivity index (χ2v) is 12.5. The lowest BCUT2D eigenvalue weighted by atomic mass is 9.93. The summed E-state index contributed by atoms with van der Waals surface area (Å²) in [5, 5.41) is 12.4. The van der Waals surface area contributed by atoms with E-state index in [9.17, 15) is 23.1 Å². The molecule has 7 nitrogen and oxygen atoms in total. The molecule has 3 aromatic carbocycles. The van der Waals surface area contributed by atoms with Crippen molar-refractivity contribution in [1.29, 1.82) is 0 Å². The van der Waals surface area contributed by atoms with Crippen LogP contribution in [-0.2, 0) is 27.8 Å². The number of carbonyl (C=O) groups is 2. The first-order valence-electron chi connectivity index (χ1n) is 13.1. The van der Waals surface area contributed by atoms with Crippen LogP contribution in [0.2, 0.25) is 0 Å². The maximum absolute atomic E-state index is 13.8. The molecule has 0 bridgehead atoms. The Morgan fingerprint density at radius 3 is 2.15 bits per heavy atom. The van der Waals surface area contributed by atoms with Gasteiger partial charge in [0.2, 0.25) is 10.0 Å². The van der Waals surface area contributed by atoms with E-state index in [1.165, 1.54) is 4.31 Å². The van der Waals surface area contributed by atoms with Gasteiger partial charge in [0.25, 0.3) is 5.91 Å². The number of aryl methyl sites for hydroxylation is 3. The highest BCUT2D eigenvalue weighted by Gasteiger charge is 2.24. The number of rotatable bonds is 12. The molecule has 1 atom stereocenters. The summed E-state index contributed by atoms with van der Waals surface area (Å²) in [6, 6.07) is 20.0. The van der Waals surface area contributed by atoms with Gasteiger partial charge in [0.15, 0.2) is 0 Å². The van der Waals surface area contributed by atoms with Gasteiger partial charge in [0, 0.05) is 12.0 Å². The maximum atomic E-state index is 13.8. The van der Waals surface area contributed by atoms with Crippen LogP contribution in [0.15, 0.2) is 66.7 Å². The molecule has 3 aromatic rings. The Morgan fingerprint density at radius 2 is 1.59 bits per heavy atom. The second kappa shape index (κ2) is 12.9. The van der Waals surface area contributed by atoms with Crippen LogP contribution in [0.1, 0.15) is 70.9 Å². The molecule has 0 radical (unpaired) electrons. The molecule has 0 aliphatic heterocycles. The van der Waals surface area contributed by atoms with Crippen molar-refractivity contribution in [3.63, 3.8) is 0 Å². The van der Waals surface area contributed by atoms with Crippen molar-refractivity contribution in [3.8, 4) is 0 Å². The number of carboxylic acid groups (broad SMARTS) is 1. The maximum Gasteiger partial charge on any atom is 0.303 e. The van der Waals surface area contributed by atoms with Crippen LogP contribution < -0.4 is 9.62 Å². The lowest BCUT2D eigenvalue weighted by molar-refractivity contribution is -0.136. The van der Waals surface area contributed by atoms with Crippen LogP contribution in [0, 0.1) is 19.8 Å². The van der Waals surface area contributed by atoms with E-state index in [2.05, 4.69) is 37.4 Å². The van der Waals surface area contributed by atoms with E-state index in [0.717, 1.165) is 28.5 Å². The number of nitrogens with zero attached hydrogens (tertiary/aromatic N) is 1. The third-order valence-corrected chi connectivity index (χ3v) is 7.60. The molecule has 8 heteroatoms. The van der Waals surface area contributed by atoms with Crippen LogP contribution in [0.4, 0.5) is 5.69 Å². The Labute approximate surface area is 231 Å². The predicted molar refractivity (Wildman–Crippen MR) is 155 cm³/mol. The van der Waals surface area contributed by atoms with Crippen molar-refractivity contribution in [2.24, 2.45) is 5.92 Å². The van der Waals surface area contributed by atoms with Gasteiger partial charge in [-0.1, -0.05) is 79.6 Å². The van der Waals surface area contributed by atoms with Gasteiger partial charge in [-0.3, -0.25) is 13.9 Å². The Bertz CT molecular complexity index is 1400. The Morgan fingerprint density at radius 1 is 0.949 bits per heavy atom. The van der Waals surface area contributed by atoms with Gasteiger partial charge >= 0.3 is 5.97 Å². The fraction of sp³-hybridized carbons (Fsp3) is 0.355. The second-order valence-electron chi connectivity index (χ2n) is 10.6. The third kappa shape index (κ3) is 8.68. The molecule has 39 heavy (non-hydrogen) atoms. The van der Waals surface area contributed by atoms with Crippen molar-refractivity contribution in [1.82, 2.24) is 5.32 Å². The minimum atomic E-state index is -3.68. The van der Waals surface area contributed by atoms with Crippen molar-refractivity contribution in [3.05, 3.63) is 100 Å². The number of carbonyl (C=O) groups excluding carboxylic acids is 1. The number of hydrogen-bond donors (Lipinski definition) is 2. The molecule has 1 unspecified atom stereocenters. The molecule has 0 aromatic heterocycles. The minimum absolute atomic E-state index is 0.105. The summed E-state index contributed by atoms with van der Waals surface area (Å²) in [5.41, 5.74) is 5.17. The van der Waals surface area contributed by atoms with E-state index in [1.54, 1.807) is 18.2 Å². The quantitative estimate of drug-likeness (QED) is 0.296. The van der Waals surface area contributed by atoms with Crippen LogP contribution in [0.25, 0.3) is 0 Å². The number of hydrogen-bond acceptors (Lipinski definition) is 4. The molecule has 3 rings (SSSR count). The zero-order chi connectivity index (χ0) is 28.7. The molecular weight excluding hydrogens is 512 g/mol. The summed E-state index contributed by atoms with van der Waals surface area (Å²) in [6.45, 7) is 8.33. The minimum Gasteiger partial charge on any atom is -0.481 e. The molecule has 0 saturated carbocycles. The van der Waals surface area contributed by atoms with Crippen LogP contribution in [0.5, 0.6) is 0 Å². The van der Waals surface area contributed by atoms with Gasteiger partial charge in [0.1, 0.15) is 0 Å². The Hall–Kier alpha value is -3.65. The number of aliphatic carboxylic acids is 1. The number of benzene rings is 3. The summed E-state index contributed by atoms with van der Waals surface area (Å²) in [5.74, 6) is -1.03. The zero-order valence-electron chi connectivity index (χ0n) is 23.3. The lowest BCUT2D eigenvalue weighted by Crippen LogP contribution is -2.32. The topological polar surface area (TPSA) is 104 Å². The molecule has 2 N–H and O–H groups in total. The molecule has 208 valence electrons. The fourth-order valence-corrected chi connectivity index (χ4v) is 5.62. The highest BCUT2D eigenvalue weighted by atomic mass is 32.2. The van der Waals surface area contributed by atoms with Gasteiger partial charge in [-0.05, 0) is 61.4 Å². The average molecular weight is 551 g/mol. The largest absolute Gasteiger partial charge is 0.481 e. The van der Waals surface area contributed by atoms with E-state index in [1.807, 2.05) is 44.2 Å². The monoisotopic (exact) mass is 550 g/mol. The van der Waals surface area contributed by atoms with E-state index in [4.69, 9.17) is 0 Å². The van der Waals surface area contributed by atoms with Gasteiger partial charge in [0.05, 0.1) is 24.5 Å². The van der Waals surface area contributed by atoms with Crippen molar-refractivity contribution in [2.75, 3.05) is 10.6 Å².